The van der Waals surface area contributed by atoms with Crippen LogP contribution in [0.15, 0.2) is 72.8 Å². The van der Waals surface area contributed by atoms with Crippen LogP contribution in [0.4, 0.5) is 17.1 Å². The molecule has 1 fully saturated rings. The van der Waals surface area contributed by atoms with Crippen LogP contribution in [0.25, 0.3) is 0 Å². The van der Waals surface area contributed by atoms with E-state index >= 15 is 0 Å². The molecule has 1 unspecified atom stereocenters. The third-order valence-electron chi connectivity index (χ3n) is 5.02. The number of hydrogen-bond acceptors (Lipinski definition) is 3. The highest BCUT2D eigenvalue weighted by molar-refractivity contribution is 5.76. The van der Waals surface area contributed by atoms with Crippen LogP contribution in [0.5, 0.6) is 0 Å². The minimum absolute atomic E-state index is 0.333. The summed E-state index contributed by atoms with van der Waals surface area (Å²) < 4.78 is 10.8. The molecule has 1 aliphatic heterocycles. The average molecular weight is 373 g/mol. The van der Waals surface area contributed by atoms with Crippen molar-refractivity contribution in [3.8, 4) is 0 Å². The molecule has 0 radical (unpaired) electrons. The topological polar surface area (TPSA) is 25.0 Å². The van der Waals surface area contributed by atoms with E-state index in [1.165, 1.54) is 16.7 Å². The van der Waals surface area contributed by atoms with E-state index in [-0.39, 0.29) is 0 Å². The molecule has 4 rings (SSSR count). The molecule has 1 atom stereocenters. The maximum atomic E-state index is 5.66. The van der Waals surface area contributed by atoms with Crippen molar-refractivity contribution in [2.45, 2.75) is 26.4 Å². The van der Waals surface area contributed by atoms with E-state index in [9.17, 15) is 0 Å². The third kappa shape index (κ3) is 4.80. The largest absolute Gasteiger partial charge is 0.378 e. The van der Waals surface area contributed by atoms with Gasteiger partial charge in [0.2, 0.25) is 0 Å². The summed E-state index contributed by atoms with van der Waals surface area (Å²) in [5, 5.41) is 0. The van der Waals surface area contributed by atoms with Gasteiger partial charge in [0, 0.05) is 17.1 Å². The van der Waals surface area contributed by atoms with Gasteiger partial charge in [0.05, 0.1) is 19.8 Å². The Labute approximate surface area is 167 Å². The first kappa shape index (κ1) is 18.7. The van der Waals surface area contributed by atoms with E-state index in [0.717, 1.165) is 36.7 Å². The Hall–Kier alpha value is -2.62. The summed E-state index contributed by atoms with van der Waals surface area (Å²) in [5.74, 6) is 0. The number of anilines is 3. The van der Waals surface area contributed by atoms with E-state index < -0.39 is 0 Å². The summed E-state index contributed by atoms with van der Waals surface area (Å²) in [5.41, 5.74) is 7.29. The van der Waals surface area contributed by atoms with Gasteiger partial charge in [-0.3, -0.25) is 0 Å². The van der Waals surface area contributed by atoms with Crippen molar-refractivity contribution in [3.63, 3.8) is 0 Å². The minimum Gasteiger partial charge on any atom is -0.378 e. The second-order valence-corrected chi connectivity index (χ2v) is 7.45. The molecule has 3 aromatic rings. The van der Waals surface area contributed by atoms with Crippen LogP contribution in [0, 0.1) is 13.8 Å². The molecule has 0 saturated carbocycles. The first-order chi connectivity index (χ1) is 13.7. The number of hydrogen-bond donors (Lipinski definition) is 0. The zero-order valence-corrected chi connectivity index (χ0v) is 16.6. The van der Waals surface area contributed by atoms with Crippen LogP contribution >= 0.6 is 0 Å². The number of epoxide rings is 1. The van der Waals surface area contributed by atoms with Crippen LogP contribution < -0.4 is 4.90 Å². The van der Waals surface area contributed by atoms with Crippen molar-refractivity contribution in [3.05, 3.63) is 89.5 Å². The van der Waals surface area contributed by atoms with E-state index in [2.05, 4.69) is 91.5 Å². The summed E-state index contributed by atoms with van der Waals surface area (Å²) in [7, 11) is 0. The lowest BCUT2D eigenvalue weighted by atomic mass is 10.1. The van der Waals surface area contributed by atoms with Crippen molar-refractivity contribution >= 4 is 17.1 Å². The normalized spacial score (nSPS) is 15.4. The molecule has 144 valence electrons. The minimum atomic E-state index is 0.333. The molecule has 0 aliphatic carbocycles. The van der Waals surface area contributed by atoms with Gasteiger partial charge in [-0.15, -0.1) is 0 Å². The fourth-order valence-corrected chi connectivity index (χ4v) is 3.22. The summed E-state index contributed by atoms with van der Waals surface area (Å²) in [6.07, 6.45) is 1.25. The Morgan fingerprint density at radius 3 is 1.71 bits per heavy atom. The lowest BCUT2D eigenvalue weighted by Crippen LogP contribution is -2.10. The highest BCUT2D eigenvalue weighted by Crippen LogP contribution is 2.34. The van der Waals surface area contributed by atoms with Crippen LogP contribution in [0.2, 0.25) is 0 Å². The summed E-state index contributed by atoms with van der Waals surface area (Å²) in [4.78, 5) is 2.30. The molecule has 1 heterocycles. The molecule has 3 nitrogen and oxygen atoms in total. The average Bonchev–Trinajstić information content (AvgIpc) is 3.54. The van der Waals surface area contributed by atoms with Gasteiger partial charge in [-0.05, 0) is 62.2 Å². The predicted octanol–water partition coefficient (Wildman–Crippen LogP) is 5.73. The lowest BCUT2D eigenvalue weighted by molar-refractivity contribution is 0.119. The Bertz CT molecular complexity index is 836. The highest BCUT2D eigenvalue weighted by Gasteiger charge is 2.22. The molecule has 0 spiro atoms. The van der Waals surface area contributed by atoms with E-state index in [1.807, 2.05) is 0 Å². The molecule has 3 aromatic carbocycles. The fourth-order valence-electron chi connectivity index (χ4n) is 3.22. The number of ether oxygens (including phenoxy) is 2. The zero-order chi connectivity index (χ0) is 19.3. The van der Waals surface area contributed by atoms with Gasteiger partial charge >= 0.3 is 0 Å². The SMILES string of the molecule is Cc1ccc(N(c2ccc(C)cc2)c2ccc(CCOCC3CO3)cc2)cc1. The Balaban J connectivity index is 1.53. The van der Waals surface area contributed by atoms with Crippen LogP contribution in [-0.4, -0.2) is 25.9 Å². The van der Waals surface area contributed by atoms with Gasteiger partial charge < -0.3 is 14.4 Å². The second-order valence-electron chi connectivity index (χ2n) is 7.45. The van der Waals surface area contributed by atoms with Crippen LogP contribution in [0.3, 0.4) is 0 Å². The van der Waals surface area contributed by atoms with Crippen molar-refractivity contribution in [1.82, 2.24) is 0 Å². The molecular weight excluding hydrogens is 346 g/mol. The molecule has 0 N–H and O–H groups in total. The third-order valence-corrected chi connectivity index (χ3v) is 5.02. The van der Waals surface area contributed by atoms with Crippen molar-refractivity contribution in [2.24, 2.45) is 0 Å². The Morgan fingerprint density at radius 2 is 1.25 bits per heavy atom. The maximum Gasteiger partial charge on any atom is 0.104 e. The number of aryl methyl sites for hydroxylation is 2. The summed E-state index contributed by atoms with van der Waals surface area (Å²) >= 11 is 0. The zero-order valence-electron chi connectivity index (χ0n) is 16.6. The number of rotatable bonds is 8. The van der Waals surface area contributed by atoms with E-state index in [0.29, 0.717) is 12.7 Å². The molecule has 0 bridgehead atoms. The maximum absolute atomic E-state index is 5.66. The van der Waals surface area contributed by atoms with Gasteiger partial charge in [-0.1, -0.05) is 47.5 Å². The van der Waals surface area contributed by atoms with Crippen molar-refractivity contribution in [1.29, 1.82) is 0 Å². The standard InChI is InChI=1S/C25H27NO2/c1-19-3-9-22(10-4-19)26(23-11-5-20(2)6-12-23)24-13-7-21(8-14-24)15-16-27-17-25-18-28-25/h3-14,25H,15-18H2,1-2H3. The first-order valence-corrected chi connectivity index (χ1v) is 9.91. The predicted molar refractivity (Wildman–Crippen MR) is 115 cm³/mol. The highest BCUT2D eigenvalue weighted by atomic mass is 16.6. The Morgan fingerprint density at radius 1 is 0.786 bits per heavy atom. The molecular formula is C25H27NO2. The van der Waals surface area contributed by atoms with Crippen molar-refractivity contribution < 1.29 is 9.47 Å². The van der Waals surface area contributed by atoms with Gasteiger partial charge in [0.15, 0.2) is 0 Å². The molecule has 1 aliphatic rings. The molecule has 0 amide bonds. The lowest BCUT2D eigenvalue weighted by Gasteiger charge is -2.26. The molecule has 3 heteroatoms. The summed E-state index contributed by atoms with van der Waals surface area (Å²) in [6.45, 7) is 6.53. The van der Waals surface area contributed by atoms with E-state index in [1.54, 1.807) is 0 Å². The van der Waals surface area contributed by atoms with Gasteiger partial charge in [0.25, 0.3) is 0 Å². The number of benzene rings is 3. The number of nitrogens with zero attached hydrogens (tertiary/aromatic N) is 1. The quantitative estimate of drug-likeness (QED) is 0.372. The smallest absolute Gasteiger partial charge is 0.104 e. The van der Waals surface area contributed by atoms with Gasteiger partial charge in [-0.25, -0.2) is 0 Å². The Kier molecular flexibility index (Phi) is 5.75. The first-order valence-electron chi connectivity index (χ1n) is 9.91. The van der Waals surface area contributed by atoms with E-state index in [4.69, 9.17) is 9.47 Å². The summed E-state index contributed by atoms with van der Waals surface area (Å²) in [6, 6.07) is 26.1. The monoisotopic (exact) mass is 373 g/mol. The second kappa shape index (κ2) is 8.59. The van der Waals surface area contributed by atoms with Crippen LogP contribution in [-0.2, 0) is 15.9 Å². The van der Waals surface area contributed by atoms with Crippen molar-refractivity contribution in [2.75, 3.05) is 24.7 Å². The molecule has 28 heavy (non-hydrogen) atoms. The van der Waals surface area contributed by atoms with Crippen LogP contribution in [0.1, 0.15) is 16.7 Å². The molecule has 1 saturated heterocycles. The van der Waals surface area contributed by atoms with Gasteiger partial charge in [0.1, 0.15) is 6.10 Å². The van der Waals surface area contributed by atoms with Gasteiger partial charge in [-0.2, -0.15) is 0 Å². The molecule has 0 aromatic heterocycles. The fraction of sp³-hybridized carbons (Fsp3) is 0.280.